The second kappa shape index (κ2) is 7.14. The van der Waals surface area contributed by atoms with Crippen LogP contribution in [0.5, 0.6) is 0 Å². The summed E-state index contributed by atoms with van der Waals surface area (Å²) in [4.78, 5) is 14.3. The van der Waals surface area contributed by atoms with Crippen LogP contribution in [-0.4, -0.2) is 50.5 Å². The second-order valence-corrected chi connectivity index (χ2v) is 6.30. The number of likely N-dealkylation sites (tertiary alicyclic amines) is 1. The van der Waals surface area contributed by atoms with Gasteiger partial charge >= 0.3 is 0 Å². The van der Waals surface area contributed by atoms with Gasteiger partial charge in [0.25, 0.3) is 5.91 Å². The SMILES string of the molecule is Cc1n[nH]c(C)c1CNC(=O)c1cc(CN2CCC[C@@H](O)C2)on1. The Kier molecular flexibility index (Phi) is 4.96. The molecule has 0 aliphatic carbocycles. The summed E-state index contributed by atoms with van der Waals surface area (Å²) in [5, 5.41) is 23.4. The number of aromatic amines is 1. The number of aromatic nitrogens is 3. The number of hydrogen-bond acceptors (Lipinski definition) is 6. The number of β-amino-alcohol motifs (C(OH)–C–C–N with tert-alkyl or cyclic N) is 1. The summed E-state index contributed by atoms with van der Waals surface area (Å²) in [5.74, 6) is 0.355. The van der Waals surface area contributed by atoms with Gasteiger partial charge in [-0.1, -0.05) is 5.16 Å². The maximum atomic E-state index is 12.2. The molecule has 8 nitrogen and oxygen atoms in total. The number of carbonyl (C=O) groups excluding carboxylic acids is 1. The number of H-pyrrole nitrogens is 1. The molecule has 8 heteroatoms. The quantitative estimate of drug-likeness (QED) is 0.750. The van der Waals surface area contributed by atoms with Crippen LogP contribution < -0.4 is 5.32 Å². The van der Waals surface area contributed by atoms with Gasteiger partial charge in [-0.3, -0.25) is 14.8 Å². The number of nitrogens with one attached hydrogen (secondary N) is 2. The number of carbonyl (C=O) groups is 1. The number of hydrogen-bond donors (Lipinski definition) is 3. The zero-order valence-electron chi connectivity index (χ0n) is 14.0. The van der Waals surface area contributed by atoms with E-state index in [4.69, 9.17) is 4.52 Å². The molecule has 3 heterocycles. The minimum atomic E-state index is -0.286. The molecule has 0 aromatic carbocycles. The average molecular weight is 333 g/mol. The zero-order valence-corrected chi connectivity index (χ0v) is 14.0. The summed E-state index contributed by atoms with van der Waals surface area (Å²) in [6.07, 6.45) is 1.52. The van der Waals surface area contributed by atoms with Crippen molar-refractivity contribution >= 4 is 5.91 Å². The lowest BCUT2D eigenvalue weighted by Gasteiger charge is -2.28. The summed E-state index contributed by atoms with van der Waals surface area (Å²) in [5.41, 5.74) is 3.06. The maximum absolute atomic E-state index is 12.2. The van der Waals surface area contributed by atoms with Crippen molar-refractivity contribution in [2.45, 2.75) is 45.9 Å². The van der Waals surface area contributed by atoms with E-state index in [1.54, 1.807) is 6.07 Å². The first-order chi connectivity index (χ1) is 11.5. The molecule has 3 rings (SSSR count). The van der Waals surface area contributed by atoms with Crippen LogP contribution in [0.3, 0.4) is 0 Å². The van der Waals surface area contributed by atoms with Crippen LogP contribution in [0.15, 0.2) is 10.6 Å². The standard InChI is InChI=1S/C16H23N5O3/c1-10-14(11(2)19-18-10)7-17-16(23)15-6-13(24-20-15)9-21-5-3-4-12(22)8-21/h6,12,22H,3-5,7-9H2,1-2H3,(H,17,23)(H,18,19)/t12-/m1/s1. The molecule has 1 amide bonds. The third-order valence-electron chi connectivity index (χ3n) is 4.36. The first-order valence-corrected chi connectivity index (χ1v) is 8.17. The van der Waals surface area contributed by atoms with E-state index in [-0.39, 0.29) is 17.7 Å². The zero-order chi connectivity index (χ0) is 17.1. The number of aliphatic hydroxyl groups is 1. The molecule has 2 aromatic heterocycles. The van der Waals surface area contributed by atoms with E-state index in [2.05, 4.69) is 25.6 Å². The van der Waals surface area contributed by atoms with Crippen molar-refractivity contribution in [3.8, 4) is 0 Å². The fourth-order valence-corrected chi connectivity index (χ4v) is 2.98. The van der Waals surface area contributed by atoms with Crippen LogP contribution in [0.25, 0.3) is 0 Å². The van der Waals surface area contributed by atoms with E-state index >= 15 is 0 Å². The second-order valence-electron chi connectivity index (χ2n) is 6.30. The Balaban J connectivity index is 1.55. The van der Waals surface area contributed by atoms with Crippen LogP contribution in [0.4, 0.5) is 0 Å². The van der Waals surface area contributed by atoms with Gasteiger partial charge in [0.1, 0.15) is 0 Å². The number of aliphatic hydroxyl groups excluding tert-OH is 1. The predicted molar refractivity (Wildman–Crippen MR) is 86.3 cm³/mol. The van der Waals surface area contributed by atoms with Crippen molar-refractivity contribution in [3.63, 3.8) is 0 Å². The Morgan fingerprint density at radius 1 is 1.54 bits per heavy atom. The molecule has 1 saturated heterocycles. The first kappa shape index (κ1) is 16.7. The summed E-state index contributed by atoms with van der Waals surface area (Å²) in [6, 6.07) is 1.66. The maximum Gasteiger partial charge on any atom is 0.273 e. The van der Waals surface area contributed by atoms with Crippen molar-refractivity contribution < 1.29 is 14.4 Å². The molecule has 130 valence electrons. The fourth-order valence-electron chi connectivity index (χ4n) is 2.98. The highest BCUT2D eigenvalue weighted by atomic mass is 16.5. The van der Waals surface area contributed by atoms with E-state index in [0.29, 0.717) is 25.4 Å². The molecule has 24 heavy (non-hydrogen) atoms. The van der Waals surface area contributed by atoms with Gasteiger partial charge in [0.05, 0.1) is 18.3 Å². The highest BCUT2D eigenvalue weighted by Crippen LogP contribution is 2.15. The minimum Gasteiger partial charge on any atom is -0.392 e. The van der Waals surface area contributed by atoms with Gasteiger partial charge in [0, 0.05) is 30.4 Å². The number of piperidine rings is 1. The van der Waals surface area contributed by atoms with Crippen LogP contribution in [0, 0.1) is 13.8 Å². The normalized spacial score (nSPS) is 18.7. The Bertz CT molecular complexity index is 689. The van der Waals surface area contributed by atoms with Crippen molar-refractivity contribution in [1.29, 1.82) is 0 Å². The van der Waals surface area contributed by atoms with Crippen LogP contribution in [0.1, 0.15) is 46.0 Å². The molecule has 1 atom stereocenters. The van der Waals surface area contributed by atoms with E-state index < -0.39 is 0 Å². The van der Waals surface area contributed by atoms with Gasteiger partial charge in [0.15, 0.2) is 11.5 Å². The summed E-state index contributed by atoms with van der Waals surface area (Å²) in [6.45, 7) is 6.30. The van der Waals surface area contributed by atoms with Crippen LogP contribution in [-0.2, 0) is 13.1 Å². The van der Waals surface area contributed by atoms with E-state index in [1.807, 2.05) is 13.8 Å². The molecule has 2 aromatic rings. The van der Waals surface area contributed by atoms with E-state index in [1.165, 1.54) is 0 Å². The number of nitrogens with zero attached hydrogens (tertiary/aromatic N) is 3. The first-order valence-electron chi connectivity index (χ1n) is 8.17. The van der Waals surface area contributed by atoms with Crippen LogP contribution >= 0.6 is 0 Å². The lowest BCUT2D eigenvalue weighted by molar-refractivity contribution is 0.0622. The lowest BCUT2D eigenvalue weighted by Crippen LogP contribution is -2.37. The third-order valence-corrected chi connectivity index (χ3v) is 4.36. The fraction of sp³-hybridized carbons (Fsp3) is 0.562. The monoisotopic (exact) mass is 333 g/mol. The summed E-state index contributed by atoms with van der Waals surface area (Å²) >= 11 is 0. The molecule has 1 fully saturated rings. The molecule has 0 spiro atoms. The number of aryl methyl sites for hydroxylation is 2. The summed E-state index contributed by atoms with van der Waals surface area (Å²) in [7, 11) is 0. The smallest absolute Gasteiger partial charge is 0.273 e. The van der Waals surface area contributed by atoms with Gasteiger partial charge < -0.3 is 14.9 Å². The third kappa shape index (κ3) is 3.82. The van der Waals surface area contributed by atoms with E-state index in [9.17, 15) is 9.90 Å². The largest absolute Gasteiger partial charge is 0.392 e. The average Bonchev–Trinajstić information content (AvgIpc) is 3.13. The Morgan fingerprint density at radius 2 is 2.38 bits per heavy atom. The molecular weight excluding hydrogens is 310 g/mol. The topological polar surface area (TPSA) is 107 Å². The number of rotatable bonds is 5. The Hall–Kier alpha value is -2.19. The number of amides is 1. The van der Waals surface area contributed by atoms with Crippen molar-refractivity contribution in [2.75, 3.05) is 13.1 Å². The Labute approximate surface area is 140 Å². The Morgan fingerprint density at radius 3 is 3.08 bits per heavy atom. The van der Waals surface area contributed by atoms with Crippen molar-refractivity contribution in [1.82, 2.24) is 25.6 Å². The highest BCUT2D eigenvalue weighted by Gasteiger charge is 2.20. The van der Waals surface area contributed by atoms with Crippen molar-refractivity contribution in [3.05, 3.63) is 34.5 Å². The van der Waals surface area contributed by atoms with E-state index in [0.717, 1.165) is 36.3 Å². The molecule has 0 bridgehead atoms. The van der Waals surface area contributed by atoms with Gasteiger partial charge in [-0.15, -0.1) is 0 Å². The van der Waals surface area contributed by atoms with Crippen molar-refractivity contribution in [2.24, 2.45) is 0 Å². The van der Waals surface area contributed by atoms with Gasteiger partial charge in [-0.25, -0.2) is 0 Å². The molecule has 3 N–H and O–H groups in total. The van der Waals surface area contributed by atoms with Gasteiger partial charge in [-0.05, 0) is 33.2 Å². The van der Waals surface area contributed by atoms with Gasteiger partial charge in [-0.2, -0.15) is 5.10 Å². The highest BCUT2D eigenvalue weighted by molar-refractivity contribution is 5.92. The minimum absolute atomic E-state index is 0.265. The summed E-state index contributed by atoms with van der Waals surface area (Å²) < 4.78 is 5.26. The molecule has 0 radical (unpaired) electrons. The molecule has 0 saturated carbocycles. The molecule has 1 aliphatic heterocycles. The molecule has 1 aliphatic rings. The predicted octanol–water partition coefficient (Wildman–Crippen LogP) is 0.901. The molecular formula is C16H23N5O3. The van der Waals surface area contributed by atoms with Crippen LogP contribution in [0.2, 0.25) is 0 Å². The lowest BCUT2D eigenvalue weighted by atomic mass is 10.1. The van der Waals surface area contributed by atoms with Gasteiger partial charge in [0.2, 0.25) is 0 Å². The molecule has 0 unspecified atom stereocenters.